The Morgan fingerprint density at radius 1 is 1.35 bits per heavy atom. The monoisotopic (exact) mass is 275 g/mol. The summed E-state index contributed by atoms with van der Waals surface area (Å²) in [6.07, 6.45) is 5.65. The summed E-state index contributed by atoms with van der Waals surface area (Å²) in [5, 5.41) is 10.0. The fourth-order valence-electron chi connectivity index (χ4n) is 2.05. The molecule has 0 spiro atoms. The van der Waals surface area contributed by atoms with Gasteiger partial charge >= 0.3 is 0 Å². The Balaban J connectivity index is 2.54. The Bertz CT molecular complexity index is 399. The van der Waals surface area contributed by atoms with Crippen LogP contribution in [-0.4, -0.2) is 41.9 Å². The van der Waals surface area contributed by atoms with Crippen molar-refractivity contribution in [1.29, 1.82) is 0 Å². The van der Waals surface area contributed by atoms with E-state index in [2.05, 4.69) is 36.8 Å². The van der Waals surface area contributed by atoms with E-state index in [9.17, 15) is 5.11 Å². The third kappa shape index (κ3) is 6.21. The van der Waals surface area contributed by atoms with E-state index in [0.717, 1.165) is 13.0 Å². The topological polar surface area (TPSA) is 32.7 Å². The van der Waals surface area contributed by atoms with E-state index < -0.39 is 6.10 Å². The number of hydrogen-bond acceptors (Lipinski definition) is 3. The van der Waals surface area contributed by atoms with Crippen LogP contribution in [0.1, 0.15) is 25.8 Å². The van der Waals surface area contributed by atoms with Gasteiger partial charge in [0.1, 0.15) is 6.61 Å². The molecule has 0 bridgehead atoms. The largest absolute Gasteiger partial charge is 0.389 e. The fraction of sp³-hybridized carbons (Fsp3) is 0.529. The summed E-state index contributed by atoms with van der Waals surface area (Å²) in [7, 11) is 0. The second-order valence-corrected chi connectivity index (χ2v) is 5.05. The van der Waals surface area contributed by atoms with E-state index in [1.165, 1.54) is 5.56 Å². The van der Waals surface area contributed by atoms with E-state index in [1.807, 2.05) is 18.2 Å². The normalized spacial score (nSPS) is 13.9. The van der Waals surface area contributed by atoms with E-state index in [4.69, 9.17) is 11.2 Å². The van der Waals surface area contributed by atoms with Crippen molar-refractivity contribution in [2.24, 2.45) is 0 Å². The summed E-state index contributed by atoms with van der Waals surface area (Å²) >= 11 is 0. The minimum atomic E-state index is -0.513. The predicted octanol–water partition coefficient (Wildman–Crippen LogP) is 2.30. The quantitative estimate of drug-likeness (QED) is 0.554. The maximum atomic E-state index is 10.0. The number of benzene rings is 1. The molecule has 2 atom stereocenters. The average Bonchev–Trinajstić information content (AvgIpc) is 2.47. The van der Waals surface area contributed by atoms with Gasteiger partial charge in [-0.3, -0.25) is 4.90 Å². The molecule has 0 aliphatic carbocycles. The summed E-state index contributed by atoms with van der Waals surface area (Å²) in [4.78, 5) is 2.28. The Kier molecular flexibility index (Phi) is 7.98. The van der Waals surface area contributed by atoms with Crippen molar-refractivity contribution in [2.75, 3.05) is 19.8 Å². The first-order valence-electron chi connectivity index (χ1n) is 7.14. The van der Waals surface area contributed by atoms with Gasteiger partial charge in [-0.15, -0.1) is 6.42 Å². The molecule has 0 unspecified atom stereocenters. The van der Waals surface area contributed by atoms with Gasteiger partial charge in [0.05, 0.1) is 12.7 Å². The molecule has 0 radical (unpaired) electrons. The maximum Gasteiger partial charge on any atom is 0.107 e. The summed E-state index contributed by atoms with van der Waals surface area (Å²) in [6, 6.07) is 10.7. The van der Waals surface area contributed by atoms with E-state index >= 15 is 0 Å². The molecule has 0 fully saturated rings. The van der Waals surface area contributed by atoms with E-state index in [1.54, 1.807) is 0 Å². The molecular weight excluding hydrogens is 250 g/mol. The lowest BCUT2D eigenvalue weighted by molar-refractivity contribution is 0.0170. The summed E-state index contributed by atoms with van der Waals surface area (Å²) in [6.45, 7) is 6.29. The van der Waals surface area contributed by atoms with Crippen LogP contribution in [0.2, 0.25) is 0 Å². The van der Waals surface area contributed by atoms with Crippen LogP contribution in [0.15, 0.2) is 30.3 Å². The van der Waals surface area contributed by atoms with Gasteiger partial charge in [-0.05, 0) is 18.9 Å². The van der Waals surface area contributed by atoms with Gasteiger partial charge in [-0.1, -0.05) is 43.2 Å². The zero-order chi connectivity index (χ0) is 14.8. The number of aliphatic hydroxyl groups is 1. The van der Waals surface area contributed by atoms with Crippen molar-refractivity contribution in [2.45, 2.75) is 39.0 Å². The number of terminal acetylenes is 1. The number of nitrogens with zero attached hydrogens (tertiary/aromatic N) is 1. The highest BCUT2D eigenvalue weighted by atomic mass is 16.5. The van der Waals surface area contributed by atoms with Gasteiger partial charge in [0.2, 0.25) is 0 Å². The van der Waals surface area contributed by atoms with E-state index in [0.29, 0.717) is 12.6 Å². The van der Waals surface area contributed by atoms with Crippen molar-refractivity contribution in [1.82, 2.24) is 4.90 Å². The average molecular weight is 275 g/mol. The van der Waals surface area contributed by atoms with Crippen LogP contribution in [0.3, 0.4) is 0 Å². The molecule has 20 heavy (non-hydrogen) atoms. The molecule has 0 heterocycles. The molecule has 1 aromatic carbocycles. The van der Waals surface area contributed by atoms with Gasteiger partial charge in [-0.25, -0.2) is 0 Å². The molecular formula is C17H25NO2. The molecule has 0 amide bonds. The number of rotatable bonds is 9. The van der Waals surface area contributed by atoms with Crippen LogP contribution < -0.4 is 0 Å². The molecule has 1 rings (SSSR count). The first-order valence-corrected chi connectivity index (χ1v) is 7.14. The van der Waals surface area contributed by atoms with Crippen molar-refractivity contribution >= 4 is 0 Å². The fourth-order valence-corrected chi connectivity index (χ4v) is 2.05. The van der Waals surface area contributed by atoms with Gasteiger partial charge in [0, 0.05) is 19.1 Å². The third-order valence-electron chi connectivity index (χ3n) is 3.38. The van der Waals surface area contributed by atoms with Crippen LogP contribution >= 0.6 is 0 Å². The summed E-state index contributed by atoms with van der Waals surface area (Å²) < 4.78 is 5.20. The second-order valence-electron chi connectivity index (χ2n) is 5.05. The van der Waals surface area contributed by atoms with Gasteiger partial charge in [-0.2, -0.15) is 0 Å². The van der Waals surface area contributed by atoms with Crippen molar-refractivity contribution in [3.05, 3.63) is 35.9 Å². The van der Waals surface area contributed by atoms with Crippen LogP contribution in [0.25, 0.3) is 0 Å². The van der Waals surface area contributed by atoms with Gasteiger partial charge in [0.25, 0.3) is 0 Å². The molecule has 3 nitrogen and oxygen atoms in total. The lowest BCUT2D eigenvalue weighted by Crippen LogP contribution is -2.39. The molecule has 0 saturated heterocycles. The lowest BCUT2D eigenvalue weighted by Gasteiger charge is -2.30. The summed E-state index contributed by atoms with van der Waals surface area (Å²) in [5.74, 6) is 2.40. The molecule has 1 aromatic rings. The van der Waals surface area contributed by atoms with Crippen LogP contribution in [0.5, 0.6) is 0 Å². The van der Waals surface area contributed by atoms with Crippen LogP contribution in [0, 0.1) is 12.3 Å². The summed E-state index contributed by atoms with van der Waals surface area (Å²) in [5.41, 5.74) is 1.25. The standard InChI is InChI=1S/C17H25NO2/c1-4-11-20-14-17(19)13-18(15(3)5-2)12-16-9-7-6-8-10-16/h1,6-10,15,17,19H,5,11-14H2,2-3H3/t15-,17+/m1/s1. The van der Waals surface area contributed by atoms with Crippen LogP contribution in [-0.2, 0) is 11.3 Å². The Morgan fingerprint density at radius 3 is 2.65 bits per heavy atom. The third-order valence-corrected chi connectivity index (χ3v) is 3.38. The Morgan fingerprint density at radius 2 is 2.05 bits per heavy atom. The highest BCUT2D eigenvalue weighted by molar-refractivity contribution is 5.14. The van der Waals surface area contributed by atoms with Gasteiger partial charge in [0.15, 0.2) is 0 Å². The zero-order valence-corrected chi connectivity index (χ0v) is 12.5. The first kappa shape index (κ1) is 16.7. The zero-order valence-electron chi connectivity index (χ0n) is 12.5. The molecule has 0 saturated carbocycles. The highest BCUT2D eigenvalue weighted by Gasteiger charge is 2.17. The molecule has 0 aliphatic rings. The van der Waals surface area contributed by atoms with E-state index in [-0.39, 0.29) is 13.2 Å². The second kappa shape index (κ2) is 9.55. The predicted molar refractivity (Wildman–Crippen MR) is 82.3 cm³/mol. The SMILES string of the molecule is C#CCOC[C@@H](O)CN(Cc1ccccc1)[C@H](C)CC. The van der Waals surface area contributed by atoms with Crippen molar-refractivity contribution in [3.8, 4) is 12.3 Å². The minimum absolute atomic E-state index is 0.249. The van der Waals surface area contributed by atoms with Crippen LogP contribution in [0.4, 0.5) is 0 Å². The molecule has 1 N–H and O–H groups in total. The molecule has 110 valence electrons. The Hall–Kier alpha value is -1.34. The van der Waals surface area contributed by atoms with Crippen molar-refractivity contribution < 1.29 is 9.84 Å². The van der Waals surface area contributed by atoms with Gasteiger partial charge < -0.3 is 9.84 Å². The number of ether oxygens (including phenoxy) is 1. The molecule has 0 aliphatic heterocycles. The number of hydrogen-bond donors (Lipinski definition) is 1. The van der Waals surface area contributed by atoms with Crippen molar-refractivity contribution in [3.63, 3.8) is 0 Å². The lowest BCUT2D eigenvalue weighted by atomic mass is 10.1. The minimum Gasteiger partial charge on any atom is -0.389 e. The Labute approximate surface area is 122 Å². The molecule has 3 heteroatoms. The highest BCUT2D eigenvalue weighted by Crippen LogP contribution is 2.11. The number of aliphatic hydroxyl groups excluding tert-OH is 1. The first-order chi connectivity index (χ1) is 9.67. The molecule has 0 aromatic heterocycles. The smallest absolute Gasteiger partial charge is 0.107 e. The maximum absolute atomic E-state index is 10.0.